The summed E-state index contributed by atoms with van der Waals surface area (Å²) >= 11 is 0. The predicted octanol–water partition coefficient (Wildman–Crippen LogP) is 1.35. The largest absolute Gasteiger partial charge is 0.409 e. The van der Waals surface area contributed by atoms with Crippen LogP contribution >= 0.6 is 0 Å². The normalized spacial score (nSPS) is 20.1. The fourth-order valence-corrected chi connectivity index (χ4v) is 2.29. The number of aromatic nitrogens is 1. The molecule has 5 nitrogen and oxygen atoms in total. The van der Waals surface area contributed by atoms with Crippen molar-refractivity contribution in [2.75, 3.05) is 13.1 Å². The highest BCUT2D eigenvalue weighted by molar-refractivity contribution is 5.86. The van der Waals surface area contributed by atoms with Gasteiger partial charge in [-0.2, -0.15) is 0 Å². The van der Waals surface area contributed by atoms with Crippen molar-refractivity contribution < 1.29 is 5.21 Å². The van der Waals surface area contributed by atoms with Crippen molar-refractivity contribution in [2.45, 2.75) is 25.3 Å². The van der Waals surface area contributed by atoms with Crippen molar-refractivity contribution in [1.29, 1.82) is 0 Å². The van der Waals surface area contributed by atoms with Gasteiger partial charge >= 0.3 is 0 Å². The molecule has 17 heavy (non-hydrogen) atoms. The summed E-state index contributed by atoms with van der Waals surface area (Å²) in [6.45, 7) is 1.94. The van der Waals surface area contributed by atoms with Crippen molar-refractivity contribution >= 4 is 5.84 Å². The van der Waals surface area contributed by atoms with Crippen LogP contribution in [0.25, 0.3) is 0 Å². The lowest BCUT2D eigenvalue weighted by molar-refractivity contribution is 0.194. The number of hydrogen-bond donors (Lipinski definition) is 2. The van der Waals surface area contributed by atoms with Gasteiger partial charge in [-0.1, -0.05) is 17.6 Å². The number of likely N-dealkylation sites (tertiary alicyclic amines) is 1. The smallest absolute Gasteiger partial charge is 0.162 e. The number of amidine groups is 1. The zero-order chi connectivity index (χ0) is 12.1. The second kappa shape index (κ2) is 5.63. The van der Waals surface area contributed by atoms with Crippen LogP contribution in [0.4, 0.5) is 0 Å². The van der Waals surface area contributed by atoms with E-state index in [1.165, 1.54) is 6.42 Å². The highest BCUT2D eigenvalue weighted by atomic mass is 16.4. The quantitative estimate of drug-likeness (QED) is 0.358. The molecule has 0 amide bonds. The maximum Gasteiger partial charge on any atom is 0.162 e. The van der Waals surface area contributed by atoms with Crippen molar-refractivity contribution in [3.63, 3.8) is 0 Å². The van der Waals surface area contributed by atoms with E-state index in [-0.39, 0.29) is 11.9 Å². The molecule has 0 radical (unpaired) electrons. The second-order valence-electron chi connectivity index (χ2n) is 4.28. The van der Waals surface area contributed by atoms with E-state index in [0.717, 1.165) is 31.6 Å². The van der Waals surface area contributed by atoms with Gasteiger partial charge in [-0.15, -0.1) is 0 Å². The summed E-state index contributed by atoms with van der Waals surface area (Å²) in [6.07, 6.45) is 5.29. The number of oxime groups is 1. The molecule has 2 heterocycles. The first-order valence-electron chi connectivity index (χ1n) is 5.95. The summed E-state index contributed by atoms with van der Waals surface area (Å²) in [7, 11) is 0. The molecular weight excluding hydrogens is 216 g/mol. The first-order valence-corrected chi connectivity index (χ1v) is 5.95. The Morgan fingerprint density at radius 3 is 2.71 bits per heavy atom. The van der Waals surface area contributed by atoms with Crippen LogP contribution in [0.2, 0.25) is 0 Å². The summed E-state index contributed by atoms with van der Waals surface area (Å²) in [5, 5.41) is 12.1. The second-order valence-corrected chi connectivity index (χ2v) is 4.28. The minimum absolute atomic E-state index is 0.207. The van der Waals surface area contributed by atoms with E-state index in [1.54, 1.807) is 6.20 Å². The van der Waals surface area contributed by atoms with Crippen LogP contribution in [0, 0.1) is 0 Å². The molecule has 5 heteroatoms. The molecule has 1 fully saturated rings. The summed E-state index contributed by atoms with van der Waals surface area (Å²) < 4.78 is 0. The molecule has 1 aromatic heterocycles. The standard InChI is InChI=1S/C12H18N4O/c13-12(15-17)11(10-6-2-3-7-14-10)16-8-4-1-5-9-16/h2-3,6-7,11,17H,1,4-5,8-9H2,(H2,13,15). The Morgan fingerprint density at radius 2 is 2.12 bits per heavy atom. The van der Waals surface area contributed by atoms with Gasteiger partial charge in [-0.05, 0) is 38.1 Å². The van der Waals surface area contributed by atoms with Crippen LogP contribution in [-0.4, -0.2) is 34.0 Å². The zero-order valence-corrected chi connectivity index (χ0v) is 9.79. The van der Waals surface area contributed by atoms with Crippen LogP contribution in [0.15, 0.2) is 29.6 Å². The van der Waals surface area contributed by atoms with Gasteiger partial charge in [0.2, 0.25) is 0 Å². The maximum atomic E-state index is 8.91. The maximum absolute atomic E-state index is 8.91. The topological polar surface area (TPSA) is 74.7 Å². The highest BCUT2D eigenvalue weighted by Gasteiger charge is 2.26. The lowest BCUT2D eigenvalue weighted by Gasteiger charge is -2.33. The van der Waals surface area contributed by atoms with E-state index in [4.69, 9.17) is 10.9 Å². The van der Waals surface area contributed by atoms with E-state index in [9.17, 15) is 0 Å². The number of nitrogens with zero attached hydrogens (tertiary/aromatic N) is 3. The van der Waals surface area contributed by atoms with E-state index >= 15 is 0 Å². The molecule has 0 spiro atoms. The lowest BCUT2D eigenvalue weighted by atomic mass is 10.0. The van der Waals surface area contributed by atoms with Gasteiger partial charge in [-0.3, -0.25) is 9.88 Å². The zero-order valence-electron chi connectivity index (χ0n) is 9.79. The summed E-state index contributed by atoms with van der Waals surface area (Å²) in [4.78, 5) is 6.53. The van der Waals surface area contributed by atoms with Crippen molar-refractivity contribution in [3.8, 4) is 0 Å². The summed E-state index contributed by atoms with van der Waals surface area (Å²) in [6, 6.07) is 5.49. The average molecular weight is 234 g/mol. The van der Waals surface area contributed by atoms with E-state index in [1.807, 2.05) is 18.2 Å². The Kier molecular flexibility index (Phi) is 3.93. The predicted molar refractivity (Wildman–Crippen MR) is 65.8 cm³/mol. The molecule has 1 unspecified atom stereocenters. The van der Waals surface area contributed by atoms with Crippen LogP contribution in [0.3, 0.4) is 0 Å². The van der Waals surface area contributed by atoms with Gasteiger partial charge in [0.05, 0.1) is 5.69 Å². The van der Waals surface area contributed by atoms with E-state index < -0.39 is 0 Å². The number of rotatable bonds is 3. The van der Waals surface area contributed by atoms with E-state index in [0.29, 0.717) is 0 Å². The molecule has 0 saturated carbocycles. The van der Waals surface area contributed by atoms with Crippen LogP contribution in [0.1, 0.15) is 31.0 Å². The van der Waals surface area contributed by atoms with Crippen molar-refractivity contribution in [3.05, 3.63) is 30.1 Å². The molecule has 2 rings (SSSR count). The Bertz CT molecular complexity index is 373. The third-order valence-corrected chi connectivity index (χ3v) is 3.12. The first kappa shape index (κ1) is 11.9. The monoisotopic (exact) mass is 234 g/mol. The Morgan fingerprint density at radius 1 is 1.35 bits per heavy atom. The fraction of sp³-hybridized carbons (Fsp3) is 0.500. The van der Waals surface area contributed by atoms with Crippen LogP contribution in [-0.2, 0) is 0 Å². The first-order chi connectivity index (χ1) is 8.33. The molecule has 1 aromatic rings. The molecule has 1 atom stereocenters. The van der Waals surface area contributed by atoms with Gasteiger partial charge in [0.15, 0.2) is 5.84 Å². The van der Waals surface area contributed by atoms with Gasteiger partial charge in [0, 0.05) is 6.20 Å². The van der Waals surface area contributed by atoms with Gasteiger partial charge in [-0.25, -0.2) is 0 Å². The number of pyridine rings is 1. The average Bonchev–Trinajstić information content (AvgIpc) is 2.41. The summed E-state index contributed by atoms with van der Waals surface area (Å²) in [5.41, 5.74) is 6.64. The molecule has 1 saturated heterocycles. The Hall–Kier alpha value is -1.62. The Labute approximate surface area is 101 Å². The van der Waals surface area contributed by atoms with Gasteiger partial charge < -0.3 is 10.9 Å². The van der Waals surface area contributed by atoms with Crippen molar-refractivity contribution in [2.24, 2.45) is 10.9 Å². The number of hydrogen-bond acceptors (Lipinski definition) is 4. The molecule has 92 valence electrons. The molecule has 0 aromatic carbocycles. The molecule has 0 aliphatic carbocycles. The van der Waals surface area contributed by atoms with Crippen LogP contribution in [0.5, 0.6) is 0 Å². The lowest BCUT2D eigenvalue weighted by Crippen LogP contribution is -2.41. The molecule has 0 bridgehead atoms. The molecule has 1 aliphatic heterocycles. The minimum Gasteiger partial charge on any atom is -0.409 e. The third-order valence-electron chi connectivity index (χ3n) is 3.12. The molecule has 3 N–H and O–H groups in total. The van der Waals surface area contributed by atoms with Gasteiger partial charge in [0.25, 0.3) is 0 Å². The van der Waals surface area contributed by atoms with Crippen molar-refractivity contribution in [1.82, 2.24) is 9.88 Å². The van der Waals surface area contributed by atoms with Gasteiger partial charge in [0.1, 0.15) is 6.04 Å². The highest BCUT2D eigenvalue weighted by Crippen LogP contribution is 2.23. The molecular formula is C12H18N4O. The number of nitrogens with two attached hydrogens (primary N) is 1. The molecule has 1 aliphatic rings. The fourth-order valence-electron chi connectivity index (χ4n) is 2.29. The Balaban J connectivity index is 2.25. The number of piperidine rings is 1. The minimum atomic E-state index is -0.207. The van der Waals surface area contributed by atoms with Crippen LogP contribution < -0.4 is 5.73 Å². The van der Waals surface area contributed by atoms with E-state index in [2.05, 4.69) is 15.0 Å². The SMILES string of the molecule is N/C(=N\O)C(c1ccccn1)N1CCCCC1. The summed E-state index contributed by atoms with van der Waals surface area (Å²) in [5.74, 6) is 0.214. The third kappa shape index (κ3) is 2.74.